The molecule has 3 aliphatic heterocycles. The number of piperidine rings is 1. The fraction of sp³-hybridized carbons (Fsp3) is 0.341. The van der Waals surface area contributed by atoms with Crippen molar-refractivity contribution in [1.82, 2.24) is 20.0 Å². The van der Waals surface area contributed by atoms with Gasteiger partial charge < -0.3 is 24.4 Å². The highest BCUT2D eigenvalue weighted by Gasteiger charge is 2.39. The Morgan fingerprint density at radius 1 is 0.875 bits per heavy atom. The van der Waals surface area contributed by atoms with Crippen LogP contribution in [0.15, 0.2) is 102 Å². The zero-order valence-corrected chi connectivity index (χ0v) is 34.1. The average molecular weight is 842 g/mol. The first-order valence-electron chi connectivity index (χ1n) is 19.1. The van der Waals surface area contributed by atoms with Gasteiger partial charge in [0.25, 0.3) is 5.91 Å². The van der Waals surface area contributed by atoms with Gasteiger partial charge in [-0.3, -0.25) is 24.6 Å². The van der Waals surface area contributed by atoms with E-state index in [1.54, 1.807) is 28.4 Å². The van der Waals surface area contributed by atoms with Crippen molar-refractivity contribution < 1.29 is 29.0 Å². The van der Waals surface area contributed by atoms with Crippen molar-refractivity contribution in [3.8, 4) is 23.0 Å². The minimum absolute atomic E-state index is 0. The molecule has 56 heavy (non-hydrogen) atoms. The molecule has 0 radical (unpaired) electrons. The van der Waals surface area contributed by atoms with Crippen LogP contribution in [-0.4, -0.2) is 88.9 Å². The summed E-state index contributed by atoms with van der Waals surface area (Å²) in [5.41, 5.74) is 2.86. The van der Waals surface area contributed by atoms with Gasteiger partial charge in [0.1, 0.15) is 35.6 Å². The second-order valence-corrected chi connectivity index (χ2v) is 15.3. The molecule has 2 fully saturated rings. The molecule has 8 rings (SSSR count). The first kappa shape index (κ1) is 40.9. The number of nitrogens with one attached hydrogen (secondary N) is 1. The molecule has 2 unspecified atom stereocenters. The number of amides is 3. The van der Waals surface area contributed by atoms with Crippen LogP contribution in [0.3, 0.4) is 0 Å². The van der Waals surface area contributed by atoms with E-state index < -0.39 is 6.04 Å². The minimum Gasteiger partial charge on any atom is -0.508 e. The zero-order valence-electron chi connectivity index (χ0n) is 31.6. The predicted octanol–water partition coefficient (Wildman–Crippen LogP) is 7.83. The zero-order chi connectivity index (χ0) is 38.1. The molecule has 0 aliphatic carbocycles. The van der Waals surface area contributed by atoms with E-state index in [0.717, 1.165) is 84.9 Å². The summed E-state index contributed by atoms with van der Waals surface area (Å²) in [6.45, 7) is 8.47. The molecule has 0 spiro atoms. The maximum Gasteiger partial charge on any atom is 0.255 e. The number of thiophene rings is 1. The Hall–Kier alpha value is -4.75. The molecule has 5 aromatic rings. The topological polar surface area (TPSA) is 112 Å². The number of aryl methyl sites for hydroxylation is 1. The second kappa shape index (κ2) is 19.4. The van der Waals surface area contributed by atoms with E-state index in [0.29, 0.717) is 31.2 Å². The second-order valence-electron chi connectivity index (χ2n) is 14.4. The molecule has 1 aromatic heterocycles. The highest BCUT2D eigenvalue weighted by atomic mass is 79.9. The fourth-order valence-corrected chi connectivity index (χ4v) is 8.28. The number of hydrogen-bond acceptors (Lipinski definition) is 9. The van der Waals surface area contributed by atoms with E-state index in [2.05, 4.69) is 28.1 Å². The molecule has 4 aromatic carbocycles. The van der Waals surface area contributed by atoms with Crippen molar-refractivity contribution >= 4 is 56.1 Å². The molecule has 294 valence electrons. The Morgan fingerprint density at radius 3 is 2.30 bits per heavy atom. The Kier molecular flexibility index (Phi) is 14.2. The molecule has 12 heteroatoms. The molecule has 0 bridgehead atoms. The number of carbonyl (C=O) groups excluding carboxylic acids is 3. The number of phenols is 1. The van der Waals surface area contributed by atoms with Gasteiger partial charge in [-0.2, -0.15) is 0 Å². The van der Waals surface area contributed by atoms with Gasteiger partial charge in [0, 0.05) is 66.2 Å². The Bertz CT molecular complexity index is 2060. The number of ether oxygens (including phenoxy) is 2. The summed E-state index contributed by atoms with van der Waals surface area (Å²) in [7, 11) is 0. The summed E-state index contributed by atoms with van der Waals surface area (Å²) in [5, 5.41) is 15.0. The third-order valence-electron chi connectivity index (χ3n) is 10.5. The third kappa shape index (κ3) is 10.4. The molecule has 2 N–H and O–H groups in total. The molecular formula is C44H49BrN4O6S. The van der Waals surface area contributed by atoms with Crippen LogP contribution in [0.5, 0.6) is 23.0 Å². The van der Waals surface area contributed by atoms with Crippen LogP contribution in [0.25, 0.3) is 10.1 Å². The highest BCUT2D eigenvalue weighted by molar-refractivity contribution is 8.93. The maximum absolute atomic E-state index is 13.0. The molecule has 0 saturated carbocycles. The minimum atomic E-state index is -0.576. The number of hydrogen-bond donors (Lipinski definition) is 2. The summed E-state index contributed by atoms with van der Waals surface area (Å²) < 4.78 is 13.2. The van der Waals surface area contributed by atoms with Crippen molar-refractivity contribution in [1.29, 1.82) is 0 Å². The molecule has 10 nitrogen and oxygen atoms in total. The van der Waals surface area contributed by atoms with Crippen molar-refractivity contribution in [2.24, 2.45) is 0 Å². The first-order valence-corrected chi connectivity index (χ1v) is 20.0. The number of rotatable bonds is 12. The largest absolute Gasteiger partial charge is 0.508 e. The quantitative estimate of drug-likeness (QED) is 0.0967. The van der Waals surface area contributed by atoms with Crippen LogP contribution in [-0.2, 0) is 22.6 Å². The van der Waals surface area contributed by atoms with Gasteiger partial charge in [0.2, 0.25) is 11.8 Å². The number of unbranched alkanes of at least 4 members (excludes halogenated alkanes) is 1. The van der Waals surface area contributed by atoms with E-state index in [9.17, 15) is 19.5 Å². The smallest absolute Gasteiger partial charge is 0.255 e. The van der Waals surface area contributed by atoms with Gasteiger partial charge >= 0.3 is 0 Å². The Labute approximate surface area is 342 Å². The van der Waals surface area contributed by atoms with E-state index in [-0.39, 0.29) is 46.9 Å². The highest BCUT2D eigenvalue weighted by Crippen LogP contribution is 2.37. The molecule has 2 atom stereocenters. The van der Waals surface area contributed by atoms with Crippen molar-refractivity contribution in [2.45, 2.75) is 57.7 Å². The lowest BCUT2D eigenvalue weighted by molar-refractivity contribution is -0.136. The molecule has 3 aliphatic rings. The third-order valence-corrected chi connectivity index (χ3v) is 11.5. The number of nitrogens with zero attached hydrogens (tertiary/aromatic N) is 3. The van der Waals surface area contributed by atoms with E-state index in [1.807, 2.05) is 84.2 Å². The summed E-state index contributed by atoms with van der Waals surface area (Å²) in [5.74, 6) is 1.83. The standard InChI is InChI=1S/C38H42N4O6S.C6H6.BrH/c1-25(23-47-29-7-9-30(10-8-29)48-34-24-49-35-21-28(43)6-12-32(34)35)41-18-16-40(17-19-41)15-3-2-4-26-5-11-31-27(20-26)22-42(38(31)46)33-13-14-36(44)39-37(33)45;1-2-4-6-5-3-1;/h5-12,20-21,24-25,33,43H,2-4,13-19,22-23H2,1H3,(H,39,44,45);1-6H;1H. The number of halogens is 1. The SMILES string of the molecule is Br.CC(COc1ccc(Oc2csc3cc(O)ccc23)cc1)N1CCN(CCCCc2ccc3c(c2)CN(C2CCC(=O)NC2=O)C3=O)CC1.c1ccccc1. The van der Waals surface area contributed by atoms with Crippen LogP contribution in [0.1, 0.15) is 54.1 Å². The number of imide groups is 1. The van der Waals surface area contributed by atoms with Crippen molar-refractivity contribution in [2.75, 3.05) is 39.3 Å². The van der Waals surface area contributed by atoms with Gasteiger partial charge in [-0.05, 0) is 98.8 Å². The summed E-state index contributed by atoms with van der Waals surface area (Å²) in [6, 6.07) is 30.8. The van der Waals surface area contributed by atoms with Gasteiger partial charge in [0.15, 0.2) is 0 Å². The lowest BCUT2D eigenvalue weighted by Gasteiger charge is -2.38. The number of benzene rings is 4. The molecular weight excluding hydrogens is 792 g/mol. The molecule has 2 saturated heterocycles. The Balaban J connectivity index is 0.000000695. The fourth-order valence-electron chi connectivity index (χ4n) is 7.39. The van der Waals surface area contributed by atoms with Gasteiger partial charge in [-0.15, -0.1) is 28.3 Å². The number of aromatic hydroxyl groups is 1. The number of carbonyl (C=O) groups is 3. The first-order chi connectivity index (χ1) is 26.8. The average Bonchev–Trinajstić information content (AvgIpc) is 3.76. The summed E-state index contributed by atoms with van der Waals surface area (Å²) in [4.78, 5) is 43.5. The molecule has 4 heterocycles. The van der Waals surface area contributed by atoms with Crippen LogP contribution >= 0.6 is 28.3 Å². The lowest BCUT2D eigenvalue weighted by atomic mass is 10.0. The van der Waals surface area contributed by atoms with Gasteiger partial charge in [-0.25, -0.2) is 0 Å². The maximum atomic E-state index is 13.0. The van der Waals surface area contributed by atoms with Crippen LogP contribution in [0, 0.1) is 0 Å². The van der Waals surface area contributed by atoms with E-state index in [4.69, 9.17) is 9.47 Å². The van der Waals surface area contributed by atoms with Crippen LogP contribution in [0.2, 0.25) is 0 Å². The number of piperazine rings is 1. The molecule has 3 amide bonds. The van der Waals surface area contributed by atoms with E-state index >= 15 is 0 Å². The van der Waals surface area contributed by atoms with Gasteiger partial charge in [-0.1, -0.05) is 48.5 Å². The lowest BCUT2D eigenvalue weighted by Crippen LogP contribution is -2.52. The monoisotopic (exact) mass is 840 g/mol. The summed E-state index contributed by atoms with van der Waals surface area (Å²) >= 11 is 1.54. The van der Waals surface area contributed by atoms with Crippen LogP contribution < -0.4 is 14.8 Å². The Morgan fingerprint density at radius 2 is 1.59 bits per heavy atom. The normalized spacial score (nSPS) is 17.7. The van der Waals surface area contributed by atoms with E-state index in [1.165, 1.54) is 5.56 Å². The van der Waals surface area contributed by atoms with Gasteiger partial charge in [0.05, 0.1) is 0 Å². The van der Waals surface area contributed by atoms with Crippen molar-refractivity contribution in [3.05, 3.63) is 119 Å². The number of phenolic OH excluding ortho intramolecular Hbond substituents is 1. The number of fused-ring (bicyclic) bond motifs is 2. The van der Waals surface area contributed by atoms with Crippen LogP contribution in [0.4, 0.5) is 0 Å². The summed E-state index contributed by atoms with van der Waals surface area (Å²) in [6.07, 6.45) is 3.79. The predicted molar refractivity (Wildman–Crippen MR) is 225 cm³/mol. The van der Waals surface area contributed by atoms with Crippen molar-refractivity contribution in [3.63, 3.8) is 0 Å².